The van der Waals surface area contributed by atoms with E-state index >= 15 is 0 Å². The average Bonchev–Trinajstić information content (AvgIpc) is 2.37. The molecule has 0 bridgehead atoms. The van der Waals surface area contributed by atoms with Crippen molar-refractivity contribution in [1.82, 2.24) is 9.88 Å². The molecule has 0 aliphatic carbocycles. The first-order valence-corrected chi connectivity index (χ1v) is 7.07. The van der Waals surface area contributed by atoms with Gasteiger partial charge in [-0.3, -0.25) is 9.88 Å². The highest BCUT2D eigenvalue weighted by Crippen LogP contribution is 2.33. The van der Waals surface area contributed by atoms with Crippen molar-refractivity contribution in [3.05, 3.63) is 29.1 Å². The van der Waals surface area contributed by atoms with Gasteiger partial charge in [-0.15, -0.1) is 0 Å². The fraction of sp³-hybridized carbons (Fsp3) is 0.667. The van der Waals surface area contributed by atoms with E-state index in [1.54, 1.807) is 0 Å². The van der Waals surface area contributed by atoms with Crippen molar-refractivity contribution in [3.8, 4) is 0 Å². The predicted molar refractivity (Wildman–Crippen MR) is 74.6 cm³/mol. The van der Waals surface area contributed by atoms with Crippen LogP contribution in [0.25, 0.3) is 0 Å². The van der Waals surface area contributed by atoms with Crippen LogP contribution < -0.4 is 0 Å². The first-order valence-electron chi connectivity index (χ1n) is 7.07. The summed E-state index contributed by atoms with van der Waals surface area (Å²) in [7, 11) is 0. The minimum Gasteiger partial charge on any atom is -0.299 e. The van der Waals surface area contributed by atoms with E-state index in [4.69, 9.17) is 0 Å². The maximum atomic E-state index is 13.2. The third-order valence-corrected chi connectivity index (χ3v) is 3.29. The number of alkyl halides is 3. The molecule has 1 rings (SSSR count). The average molecular weight is 288 g/mol. The monoisotopic (exact) mass is 288 g/mol. The van der Waals surface area contributed by atoms with Gasteiger partial charge < -0.3 is 0 Å². The summed E-state index contributed by atoms with van der Waals surface area (Å²) < 4.78 is 39.6. The van der Waals surface area contributed by atoms with Gasteiger partial charge in [-0.1, -0.05) is 27.7 Å². The van der Waals surface area contributed by atoms with Crippen LogP contribution in [0.1, 0.15) is 56.9 Å². The van der Waals surface area contributed by atoms with E-state index < -0.39 is 11.7 Å². The number of aromatic nitrogens is 1. The lowest BCUT2D eigenvalue weighted by Gasteiger charge is -2.22. The highest BCUT2D eigenvalue weighted by atomic mass is 19.4. The Morgan fingerprint density at radius 3 is 2.35 bits per heavy atom. The molecular weight excluding hydrogens is 265 g/mol. The zero-order chi connectivity index (χ0) is 15.3. The van der Waals surface area contributed by atoms with E-state index in [0.717, 1.165) is 19.5 Å². The van der Waals surface area contributed by atoms with Gasteiger partial charge in [0, 0.05) is 18.4 Å². The molecule has 0 unspecified atom stereocenters. The van der Waals surface area contributed by atoms with E-state index in [1.807, 2.05) is 32.6 Å². The number of pyridine rings is 1. The van der Waals surface area contributed by atoms with Crippen LogP contribution in [0.2, 0.25) is 0 Å². The summed E-state index contributed by atoms with van der Waals surface area (Å²) in [5, 5.41) is 0. The maximum Gasteiger partial charge on any atom is 0.416 e. The molecule has 0 N–H and O–H groups in total. The lowest BCUT2D eigenvalue weighted by atomic mass is 10.0. The Hall–Kier alpha value is -1.10. The SMILES string of the molecule is CCCN(CC)Cc1cnc(C(C)C)cc1C(F)(F)F. The molecule has 0 spiro atoms. The molecule has 114 valence electrons. The molecule has 5 heteroatoms. The second-order valence-electron chi connectivity index (χ2n) is 5.29. The molecule has 2 nitrogen and oxygen atoms in total. The van der Waals surface area contributed by atoms with Crippen molar-refractivity contribution >= 4 is 0 Å². The summed E-state index contributed by atoms with van der Waals surface area (Å²) in [6, 6.07) is 1.19. The fourth-order valence-corrected chi connectivity index (χ4v) is 2.11. The molecule has 0 saturated heterocycles. The molecule has 0 aliphatic heterocycles. The normalized spacial score (nSPS) is 12.4. The molecule has 0 amide bonds. The number of nitrogens with zero attached hydrogens (tertiary/aromatic N) is 2. The van der Waals surface area contributed by atoms with Gasteiger partial charge in [0.25, 0.3) is 0 Å². The molecule has 0 atom stereocenters. The van der Waals surface area contributed by atoms with Crippen molar-refractivity contribution in [2.24, 2.45) is 0 Å². The van der Waals surface area contributed by atoms with E-state index in [2.05, 4.69) is 4.98 Å². The van der Waals surface area contributed by atoms with Gasteiger partial charge in [0.2, 0.25) is 0 Å². The van der Waals surface area contributed by atoms with Crippen LogP contribution in [0.5, 0.6) is 0 Å². The summed E-state index contributed by atoms with van der Waals surface area (Å²) >= 11 is 0. The lowest BCUT2D eigenvalue weighted by Crippen LogP contribution is -2.25. The van der Waals surface area contributed by atoms with E-state index in [9.17, 15) is 13.2 Å². The third kappa shape index (κ3) is 4.47. The Morgan fingerprint density at radius 1 is 1.25 bits per heavy atom. The summed E-state index contributed by atoms with van der Waals surface area (Å²) in [6.45, 7) is 9.49. The molecule has 1 aromatic rings. The number of hydrogen-bond acceptors (Lipinski definition) is 2. The van der Waals surface area contributed by atoms with E-state index in [1.165, 1.54) is 12.3 Å². The van der Waals surface area contributed by atoms with Crippen LogP contribution in [-0.2, 0) is 12.7 Å². The fourth-order valence-electron chi connectivity index (χ4n) is 2.11. The molecule has 20 heavy (non-hydrogen) atoms. The minimum absolute atomic E-state index is 0.0110. The Morgan fingerprint density at radius 2 is 1.90 bits per heavy atom. The van der Waals surface area contributed by atoms with Crippen LogP contribution in [0.3, 0.4) is 0 Å². The minimum atomic E-state index is -4.33. The van der Waals surface area contributed by atoms with E-state index in [-0.39, 0.29) is 11.5 Å². The number of halogens is 3. The Labute approximate surface area is 119 Å². The Kier molecular flexibility index (Phi) is 5.99. The highest BCUT2D eigenvalue weighted by molar-refractivity contribution is 5.30. The first kappa shape index (κ1) is 17.0. The van der Waals surface area contributed by atoms with Crippen molar-refractivity contribution in [2.75, 3.05) is 13.1 Å². The molecule has 1 aromatic heterocycles. The number of rotatable bonds is 6. The van der Waals surface area contributed by atoms with Crippen molar-refractivity contribution in [1.29, 1.82) is 0 Å². The van der Waals surface area contributed by atoms with Gasteiger partial charge in [-0.25, -0.2) is 0 Å². The third-order valence-electron chi connectivity index (χ3n) is 3.29. The lowest BCUT2D eigenvalue weighted by molar-refractivity contribution is -0.138. The van der Waals surface area contributed by atoms with Gasteiger partial charge in [-0.05, 0) is 37.1 Å². The number of hydrogen-bond donors (Lipinski definition) is 0. The van der Waals surface area contributed by atoms with Gasteiger partial charge in [-0.2, -0.15) is 13.2 Å². The zero-order valence-corrected chi connectivity index (χ0v) is 12.6. The van der Waals surface area contributed by atoms with Crippen molar-refractivity contribution < 1.29 is 13.2 Å². The standard InChI is InChI=1S/C15H23F3N2/c1-5-7-20(6-2)10-12-9-19-14(11(3)4)8-13(12)15(16,17)18/h8-9,11H,5-7,10H2,1-4H3. The summed E-state index contributed by atoms with van der Waals surface area (Å²) in [5.41, 5.74) is 0.197. The topological polar surface area (TPSA) is 16.1 Å². The molecule has 0 aromatic carbocycles. The Bertz CT molecular complexity index is 428. The summed E-state index contributed by atoms with van der Waals surface area (Å²) in [6.07, 6.45) is -2.02. The van der Waals surface area contributed by atoms with Gasteiger partial charge in [0.15, 0.2) is 0 Å². The van der Waals surface area contributed by atoms with Crippen molar-refractivity contribution in [3.63, 3.8) is 0 Å². The first-order chi connectivity index (χ1) is 9.29. The molecule has 0 fully saturated rings. The Balaban J connectivity index is 3.12. The molecular formula is C15H23F3N2. The van der Waals surface area contributed by atoms with Crippen LogP contribution >= 0.6 is 0 Å². The molecule has 0 radical (unpaired) electrons. The second-order valence-corrected chi connectivity index (χ2v) is 5.29. The highest BCUT2D eigenvalue weighted by Gasteiger charge is 2.34. The zero-order valence-electron chi connectivity index (χ0n) is 12.6. The van der Waals surface area contributed by atoms with Crippen LogP contribution in [0, 0.1) is 0 Å². The van der Waals surface area contributed by atoms with Gasteiger partial charge >= 0.3 is 6.18 Å². The summed E-state index contributed by atoms with van der Waals surface area (Å²) in [5.74, 6) is -0.0110. The molecule has 0 aliphatic rings. The molecule has 0 saturated carbocycles. The quantitative estimate of drug-likeness (QED) is 0.768. The van der Waals surface area contributed by atoms with Crippen molar-refractivity contribution in [2.45, 2.75) is 52.8 Å². The van der Waals surface area contributed by atoms with Gasteiger partial charge in [0.05, 0.1) is 5.56 Å². The summed E-state index contributed by atoms with van der Waals surface area (Å²) in [4.78, 5) is 6.17. The van der Waals surface area contributed by atoms with Crippen LogP contribution in [-0.4, -0.2) is 23.0 Å². The second kappa shape index (κ2) is 7.07. The maximum absolute atomic E-state index is 13.2. The predicted octanol–water partition coefficient (Wildman–Crippen LogP) is 4.46. The van der Waals surface area contributed by atoms with Crippen LogP contribution in [0.4, 0.5) is 13.2 Å². The smallest absolute Gasteiger partial charge is 0.299 e. The van der Waals surface area contributed by atoms with E-state index in [0.29, 0.717) is 12.2 Å². The van der Waals surface area contributed by atoms with Crippen LogP contribution in [0.15, 0.2) is 12.3 Å². The van der Waals surface area contributed by atoms with Gasteiger partial charge in [0.1, 0.15) is 0 Å². The molecule has 1 heterocycles. The largest absolute Gasteiger partial charge is 0.416 e.